The van der Waals surface area contributed by atoms with Gasteiger partial charge in [0, 0.05) is 37.6 Å². The van der Waals surface area contributed by atoms with Gasteiger partial charge < -0.3 is 15.5 Å². The van der Waals surface area contributed by atoms with Crippen LogP contribution in [0.1, 0.15) is 50.2 Å². The van der Waals surface area contributed by atoms with E-state index in [9.17, 15) is 4.79 Å². The second-order valence-electron chi connectivity index (χ2n) is 7.72. The summed E-state index contributed by atoms with van der Waals surface area (Å²) in [6, 6.07) is 3.02. The number of hydrogen-bond donors (Lipinski definition) is 2. The van der Waals surface area contributed by atoms with Crippen LogP contribution < -0.4 is 10.6 Å². The molecular formula is C20H32N4O. The van der Waals surface area contributed by atoms with E-state index in [4.69, 9.17) is 0 Å². The molecule has 2 heterocycles. The van der Waals surface area contributed by atoms with Crippen LogP contribution >= 0.6 is 0 Å². The van der Waals surface area contributed by atoms with Gasteiger partial charge in [0.2, 0.25) is 0 Å². The van der Waals surface area contributed by atoms with Gasteiger partial charge in [-0.2, -0.15) is 0 Å². The molecule has 3 rings (SSSR count). The first-order valence-corrected chi connectivity index (χ1v) is 9.81. The number of nitrogens with zero attached hydrogens (tertiary/aromatic N) is 2. The molecular weight excluding hydrogens is 312 g/mol. The van der Waals surface area contributed by atoms with E-state index in [1.165, 1.54) is 49.8 Å². The number of hydrogen-bond acceptors (Lipinski definition) is 3. The quantitative estimate of drug-likeness (QED) is 0.834. The largest absolute Gasteiger partial charge is 0.338 e. The van der Waals surface area contributed by atoms with Crippen molar-refractivity contribution in [3.63, 3.8) is 0 Å². The highest BCUT2D eigenvalue weighted by atomic mass is 16.2. The summed E-state index contributed by atoms with van der Waals surface area (Å²) in [5.74, 6) is 0.572. The molecule has 2 amide bonds. The summed E-state index contributed by atoms with van der Waals surface area (Å²) in [5, 5.41) is 6.16. The van der Waals surface area contributed by atoms with Crippen molar-refractivity contribution in [2.45, 2.75) is 64.5 Å². The molecule has 1 saturated carbocycles. The predicted octanol–water partition coefficient (Wildman–Crippen LogP) is 2.88. The van der Waals surface area contributed by atoms with E-state index < -0.39 is 0 Å². The molecule has 2 N–H and O–H groups in total. The zero-order chi connectivity index (χ0) is 17.6. The maximum absolute atomic E-state index is 12.2. The summed E-state index contributed by atoms with van der Waals surface area (Å²) in [6.07, 6.45) is 11.1. The molecule has 2 fully saturated rings. The van der Waals surface area contributed by atoms with E-state index in [-0.39, 0.29) is 12.1 Å². The third-order valence-electron chi connectivity index (χ3n) is 5.96. The molecule has 0 bridgehead atoms. The number of urea groups is 1. The zero-order valence-corrected chi connectivity index (χ0v) is 15.6. The fourth-order valence-electron chi connectivity index (χ4n) is 4.00. The predicted molar refractivity (Wildman–Crippen MR) is 101 cm³/mol. The van der Waals surface area contributed by atoms with Crippen LogP contribution in [-0.4, -0.2) is 47.6 Å². The number of carbonyl (C=O) groups is 1. The average molecular weight is 345 g/mol. The Morgan fingerprint density at radius 2 is 2.20 bits per heavy atom. The lowest BCUT2D eigenvalue weighted by Crippen LogP contribution is -2.52. The summed E-state index contributed by atoms with van der Waals surface area (Å²) in [7, 11) is 0. The number of aryl methyl sites for hydroxylation is 1. The summed E-state index contributed by atoms with van der Waals surface area (Å²) >= 11 is 0. The van der Waals surface area contributed by atoms with Gasteiger partial charge in [-0.3, -0.25) is 4.98 Å². The van der Waals surface area contributed by atoms with Crippen molar-refractivity contribution in [2.24, 2.45) is 5.92 Å². The van der Waals surface area contributed by atoms with Crippen LogP contribution in [0.3, 0.4) is 0 Å². The van der Waals surface area contributed by atoms with Gasteiger partial charge in [0.05, 0.1) is 0 Å². The highest BCUT2D eigenvalue weighted by Crippen LogP contribution is 2.30. The highest BCUT2D eigenvalue weighted by molar-refractivity contribution is 5.74. The number of nitrogens with one attached hydrogen (secondary N) is 2. The Labute approximate surface area is 151 Å². The summed E-state index contributed by atoms with van der Waals surface area (Å²) in [5.41, 5.74) is 2.42. The molecule has 0 radical (unpaired) electrons. The molecule has 2 aliphatic rings. The van der Waals surface area contributed by atoms with Crippen LogP contribution in [0.25, 0.3) is 0 Å². The molecule has 1 aromatic heterocycles. The Morgan fingerprint density at radius 1 is 1.36 bits per heavy atom. The van der Waals surface area contributed by atoms with Crippen molar-refractivity contribution < 1.29 is 4.79 Å². The lowest BCUT2D eigenvalue weighted by Gasteiger charge is -2.43. The minimum atomic E-state index is -0.0417. The van der Waals surface area contributed by atoms with Gasteiger partial charge in [0.25, 0.3) is 0 Å². The SMILES string of the molecule is Cc1cnccc1CCNC(=O)NC(C)C1CCCN(C2CCC2)C1. The summed E-state index contributed by atoms with van der Waals surface area (Å²) < 4.78 is 0. The van der Waals surface area contributed by atoms with Crippen LogP contribution in [0.15, 0.2) is 18.5 Å². The van der Waals surface area contributed by atoms with Gasteiger partial charge in [0.15, 0.2) is 0 Å². The number of pyridine rings is 1. The van der Waals surface area contributed by atoms with E-state index in [1.807, 2.05) is 12.3 Å². The van der Waals surface area contributed by atoms with E-state index in [1.54, 1.807) is 6.20 Å². The third-order valence-corrected chi connectivity index (χ3v) is 5.96. The number of amides is 2. The molecule has 138 valence electrons. The minimum absolute atomic E-state index is 0.0417. The molecule has 5 nitrogen and oxygen atoms in total. The molecule has 2 unspecified atom stereocenters. The van der Waals surface area contributed by atoms with E-state index in [0.717, 1.165) is 19.0 Å². The van der Waals surface area contributed by atoms with Crippen molar-refractivity contribution in [3.8, 4) is 0 Å². The maximum Gasteiger partial charge on any atom is 0.315 e. The van der Waals surface area contributed by atoms with Gasteiger partial charge in [-0.05, 0) is 75.6 Å². The molecule has 1 aliphatic carbocycles. The first-order valence-electron chi connectivity index (χ1n) is 9.81. The first-order chi connectivity index (χ1) is 12.1. The molecule has 5 heteroatoms. The normalized spacial score (nSPS) is 22.9. The molecule has 25 heavy (non-hydrogen) atoms. The number of rotatable bonds is 6. The molecule has 1 aliphatic heterocycles. The van der Waals surface area contributed by atoms with Gasteiger partial charge in [-0.1, -0.05) is 6.42 Å². The first kappa shape index (κ1) is 18.2. The second-order valence-corrected chi connectivity index (χ2v) is 7.72. The number of likely N-dealkylation sites (tertiary alicyclic amines) is 1. The molecule has 0 spiro atoms. The number of piperidine rings is 1. The summed E-state index contributed by atoms with van der Waals surface area (Å²) in [4.78, 5) is 19.0. The van der Waals surface area contributed by atoms with Crippen molar-refractivity contribution in [1.82, 2.24) is 20.5 Å². The van der Waals surface area contributed by atoms with Crippen LogP contribution in [0.2, 0.25) is 0 Å². The lowest BCUT2D eigenvalue weighted by molar-refractivity contribution is 0.0679. The Kier molecular flexibility index (Phi) is 6.29. The van der Waals surface area contributed by atoms with E-state index >= 15 is 0 Å². The van der Waals surface area contributed by atoms with Gasteiger partial charge in [0.1, 0.15) is 0 Å². The summed E-state index contributed by atoms with van der Waals surface area (Å²) in [6.45, 7) is 7.25. The van der Waals surface area contributed by atoms with Crippen molar-refractivity contribution in [3.05, 3.63) is 29.6 Å². The Bertz CT molecular complexity index is 573. The van der Waals surface area contributed by atoms with Crippen molar-refractivity contribution in [2.75, 3.05) is 19.6 Å². The van der Waals surface area contributed by atoms with Gasteiger partial charge in [-0.25, -0.2) is 4.79 Å². The van der Waals surface area contributed by atoms with Gasteiger partial charge in [-0.15, -0.1) is 0 Å². The van der Waals surface area contributed by atoms with E-state index in [0.29, 0.717) is 12.5 Å². The van der Waals surface area contributed by atoms with Crippen molar-refractivity contribution >= 4 is 6.03 Å². The molecule has 2 atom stereocenters. The maximum atomic E-state index is 12.2. The fraction of sp³-hybridized carbons (Fsp3) is 0.700. The van der Waals surface area contributed by atoms with Crippen LogP contribution in [0.4, 0.5) is 4.79 Å². The molecule has 0 aromatic carbocycles. The smallest absolute Gasteiger partial charge is 0.315 e. The molecule has 1 saturated heterocycles. The Balaban J connectivity index is 1.39. The second kappa shape index (κ2) is 8.65. The zero-order valence-electron chi connectivity index (χ0n) is 15.6. The average Bonchev–Trinajstić information content (AvgIpc) is 2.55. The Morgan fingerprint density at radius 3 is 2.92 bits per heavy atom. The van der Waals surface area contributed by atoms with Crippen LogP contribution in [-0.2, 0) is 6.42 Å². The molecule has 1 aromatic rings. The number of carbonyl (C=O) groups excluding carboxylic acids is 1. The minimum Gasteiger partial charge on any atom is -0.338 e. The number of aromatic nitrogens is 1. The lowest BCUT2D eigenvalue weighted by atomic mass is 9.86. The topological polar surface area (TPSA) is 57.3 Å². The third kappa shape index (κ3) is 4.94. The van der Waals surface area contributed by atoms with E-state index in [2.05, 4.69) is 34.4 Å². The monoisotopic (exact) mass is 344 g/mol. The van der Waals surface area contributed by atoms with Crippen LogP contribution in [0, 0.1) is 12.8 Å². The van der Waals surface area contributed by atoms with Crippen LogP contribution in [0.5, 0.6) is 0 Å². The van der Waals surface area contributed by atoms with Crippen molar-refractivity contribution in [1.29, 1.82) is 0 Å². The highest BCUT2D eigenvalue weighted by Gasteiger charge is 2.31. The fourth-order valence-corrected chi connectivity index (χ4v) is 4.00. The van der Waals surface area contributed by atoms with Gasteiger partial charge >= 0.3 is 6.03 Å². The Hall–Kier alpha value is -1.62. The standard InChI is InChI=1S/C20H32N4O/c1-15-13-21-10-8-17(15)9-11-22-20(25)23-16(2)18-5-4-12-24(14-18)19-6-3-7-19/h8,10,13,16,18-19H,3-7,9,11-12,14H2,1-2H3,(H2,22,23,25).